The molecule has 1 aliphatic rings. The third-order valence-corrected chi connectivity index (χ3v) is 7.76. The van der Waals surface area contributed by atoms with Crippen LogP contribution in [0.1, 0.15) is 41.1 Å². The van der Waals surface area contributed by atoms with Gasteiger partial charge in [0.15, 0.2) is 5.58 Å². The molecule has 7 nitrogen and oxygen atoms in total. The van der Waals surface area contributed by atoms with Crippen LogP contribution in [0.25, 0.3) is 11.1 Å². The number of amides is 1. The lowest BCUT2D eigenvalue weighted by atomic mass is 10.0. The summed E-state index contributed by atoms with van der Waals surface area (Å²) in [5, 5.41) is 3.29. The molecule has 2 heterocycles. The average Bonchev–Trinajstić information content (AvgIpc) is 3.64. The van der Waals surface area contributed by atoms with Gasteiger partial charge in [0.1, 0.15) is 12.4 Å². The summed E-state index contributed by atoms with van der Waals surface area (Å²) >= 11 is 0. The molecule has 42 heavy (non-hydrogen) atoms. The van der Waals surface area contributed by atoms with Crippen molar-refractivity contribution >= 4 is 17.0 Å². The van der Waals surface area contributed by atoms with Gasteiger partial charge >= 0.3 is 5.76 Å². The highest BCUT2D eigenvalue weighted by molar-refractivity contribution is 5.81. The lowest BCUT2D eigenvalue weighted by Crippen LogP contribution is -2.37. The number of likely N-dealkylation sites (tertiary alicyclic amines) is 1. The summed E-state index contributed by atoms with van der Waals surface area (Å²) < 4.78 is 13.2. The maximum Gasteiger partial charge on any atom is 0.420 e. The summed E-state index contributed by atoms with van der Waals surface area (Å²) in [5.41, 5.74) is 5.15. The molecule has 1 atom stereocenters. The van der Waals surface area contributed by atoms with Gasteiger partial charge in [-0.2, -0.15) is 0 Å². The Morgan fingerprint density at radius 1 is 0.833 bits per heavy atom. The topological polar surface area (TPSA) is 76.7 Å². The van der Waals surface area contributed by atoms with E-state index >= 15 is 0 Å². The number of carbonyl (C=O) groups excluding carboxylic acids is 1. The molecular formula is C35H35N3O4. The zero-order valence-electron chi connectivity index (χ0n) is 23.6. The number of oxazole rings is 1. The summed E-state index contributed by atoms with van der Waals surface area (Å²) in [6.45, 7) is 3.70. The molecule has 5 aromatic rings. The molecule has 0 aliphatic carbocycles. The molecule has 0 spiro atoms. The SMILES string of the molecule is O=C(Cc1ccc2oc(=O)n(Cc3ccccc3)c2c1)N[C@H](CN1CCCC1)c1cccc(OCc2ccccc2)c1. The van der Waals surface area contributed by atoms with Gasteiger partial charge in [-0.25, -0.2) is 4.79 Å². The van der Waals surface area contributed by atoms with E-state index in [1.165, 1.54) is 12.8 Å². The molecule has 1 N–H and O–H groups in total. The van der Waals surface area contributed by atoms with Crippen molar-refractivity contribution < 1.29 is 13.9 Å². The molecule has 1 fully saturated rings. The number of aromatic nitrogens is 1. The molecule has 1 amide bonds. The monoisotopic (exact) mass is 561 g/mol. The molecule has 214 valence electrons. The first-order valence-electron chi connectivity index (χ1n) is 14.6. The average molecular weight is 562 g/mol. The molecule has 4 aromatic carbocycles. The molecular weight excluding hydrogens is 526 g/mol. The minimum absolute atomic E-state index is 0.0744. The van der Waals surface area contributed by atoms with Crippen molar-refractivity contribution in [3.8, 4) is 5.75 Å². The van der Waals surface area contributed by atoms with Crippen LogP contribution in [-0.4, -0.2) is 35.0 Å². The highest BCUT2D eigenvalue weighted by Crippen LogP contribution is 2.24. The second-order valence-corrected chi connectivity index (χ2v) is 10.9. The fraction of sp³-hybridized carbons (Fsp3) is 0.257. The van der Waals surface area contributed by atoms with Gasteiger partial charge in [-0.1, -0.05) is 78.9 Å². The summed E-state index contributed by atoms with van der Waals surface area (Å²) in [5.74, 6) is 0.295. The van der Waals surface area contributed by atoms with E-state index in [1.807, 2.05) is 91.0 Å². The minimum Gasteiger partial charge on any atom is -0.489 e. The van der Waals surface area contributed by atoms with E-state index in [9.17, 15) is 9.59 Å². The smallest absolute Gasteiger partial charge is 0.420 e. The Morgan fingerprint density at radius 3 is 2.33 bits per heavy atom. The molecule has 6 rings (SSSR count). The summed E-state index contributed by atoms with van der Waals surface area (Å²) in [4.78, 5) is 28.4. The van der Waals surface area contributed by atoms with Gasteiger partial charge in [-0.05, 0) is 72.5 Å². The molecule has 0 radical (unpaired) electrons. The van der Waals surface area contributed by atoms with Crippen LogP contribution in [0, 0.1) is 0 Å². The normalized spacial score (nSPS) is 14.2. The lowest BCUT2D eigenvalue weighted by molar-refractivity contribution is -0.121. The summed E-state index contributed by atoms with van der Waals surface area (Å²) in [6, 6.07) is 33.2. The van der Waals surface area contributed by atoms with Gasteiger partial charge in [0, 0.05) is 6.54 Å². The van der Waals surface area contributed by atoms with Crippen LogP contribution >= 0.6 is 0 Å². The van der Waals surface area contributed by atoms with Crippen molar-refractivity contribution in [2.75, 3.05) is 19.6 Å². The van der Waals surface area contributed by atoms with Crippen molar-refractivity contribution in [2.45, 2.75) is 38.5 Å². The first kappa shape index (κ1) is 27.5. The van der Waals surface area contributed by atoms with E-state index in [0.29, 0.717) is 24.3 Å². The van der Waals surface area contributed by atoms with E-state index in [4.69, 9.17) is 9.15 Å². The second kappa shape index (κ2) is 12.9. The fourth-order valence-corrected chi connectivity index (χ4v) is 5.58. The van der Waals surface area contributed by atoms with E-state index in [1.54, 1.807) is 10.6 Å². The van der Waals surface area contributed by atoms with Crippen molar-refractivity contribution in [1.29, 1.82) is 0 Å². The van der Waals surface area contributed by atoms with Crippen LogP contribution in [0.2, 0.25) is 0 Å². The highest BCUT2D eigenvalue weighted by Gasteiger charge is 2.22. The Bertz CT molecular complexity index is 1690. The Labute approximate surface area is 245 Å². The molecule has 0 unspecified atom stereocenters. The van der Waals surface area contributed by atoms with Gasteiger partial charge in [-0.15, -0.1) is 0 Å². The number of ether oxygens (including phenoxy) is 1. The largest absolute Gasteiger partial charge is 0.489 e. The Morgan fingerprint density at radius 2 is 1.57 bits per heavy atom. The minimum atomic E-state index is -0.407. The standard InChI is InChI=1S/C35H35N3O4/c39-34(21-28-16-17-33-32(20-28)38(35(40)42-33)23-26-10-3-1-4-11-26)36-31(24-37-18-7-8-19-37)29-14-9-15-30(22-29)41-25-27-12-5-2-6-13-27/h1-6,9-17,20,22,31H,7-8,18-19,21,23-25H2,(H,36,39)/t31-/m1/s1. The number of hydrogen-bond donors (Lipinski definition) is 1. The highest BCUT2D eigenvalue weighted by atomic mass is 16.5. The van der Waals surface area contributed by atoms with E-state index in [0.717, 1.165) is 47.6 Å². The lowest BCUT2D eigenvalue weighted by Gasteiger charge is -2.25. The van der Waals surface area contributed by atoms with Crippen LogP contribution in [-0.2, 0) is 24.4 Å². The van der Waals surface area contributed by atoms with Gasteiger partial charge in [0.2, 0.25) is 5.91 Å². The van der Waals surface area contributed by atoms with Crippen molar-refractivity contribution in [3.05, 3.63) is 136 Å². The third-order valence-electron chi connectivity index (χ3n) is 7.76. The Balaban J connectivity index is 1.18. The molecule has 1 saturated heterocycles. The Hall–Kier alpha value is -4.62. The van der Waals surface area contributed by atoms with Gasteiger partial charge in [0.25, 0.3) is 0 Å². The van der Waals surface area contributed by atoms with E-state index in [-0.39, 0.29) is 18.4 Å². The predicted molar refractivity (Wildman–Crippen MR) is 163 cm³/mol. The van der Waals surface area contributed by atoms with Gasteiger partial charge < -0.3 is 19.4 Å². The van der Waals surface area contributed by atoms with Crippen LogP contribution in [0.5, 0.6) is 5.75 Å². The first-order valence-corrected chi connectivity index (χ1v) is 14.6. The number of fused-ring (bicyclic) bond motifs is 1. The van der Waals surface area contributed by atoms with Crippen LogP contribution < -0.4 is 15.8 Å². The number of carbonyl (C=O) groups is 1. The second-order valence-electron chi connectivity index (χ2n) is 10.9. The number of rotatable bonds is 11. The molecule has 0 saturated carbocycles. The first-order chi connectivity index (χ1) is 20.6. The van der Waals surface area contributed by atoms with Crippen LogP contribution in [0.4, 0.5) is 0 Å². The van der Waals surface area contributed by atoms with Crippen molar-refractivity contribution in [3.63, 3.8) is 0 Å². The van der Waals surface area contributed by atoms with Crippen LogP contribution in [0.15, 0.2) is 112 Å². The van der Waals surface area contributed by atoms with Gasteiger partial charge in [-0.3, -0.25) is 9.36 Å². The number of nitrogens with one attached hydrogen (secondary N) is 1. The maximum absolute atomic E-state index is 13.4. The zero-order chi connectivity index (χ0) is 28.7. The summed E-state index contributed by atoms with van der Waals surface area (Å²) in [6.07, 6.45) is 2.55. The number of nitrogens with zero attached hydrogens (tertiary/aromatic N) is 2. The Kier molecular flexibility index (Phi) is 8.47. The van der Waals surface area contributed by atoms with E-state index in [2.05, 4.69) is 16.3 Å². The van der Waals surface area contributed by atoms with E-state index < -0.39 is 5.76 Å². The van der Waals surface area contributed by atoms with Crippen molar-refractivity contribution in [2.24, 2.45) is 0 Å². The number of hydrogen-bond acceptors (Lipinski definition) is 5. The fourth-order valence-electron chi connectivity index (χ4n) is 5.58. The molecule has 0 bridgehead atoms. The van der Waals surface area contributed by atoms with Crippen LogP contribution in [0.3, 0.4) is 0 Å². The molecule has 7 heteroatoms. The quantitative estimate of drug-likeness (QED) is 0.223. The molecule has 1 aliphatic heterocycles. The number of benzene rings is 4. The van der Waals surface area contributed by atoms with Crippen molar-refractivity contribution in [1.82, 2.24) is 14.8 Å². The summed E-state index contributed by atoms with van der Waals surface area (Å²) in [7, 11) is 0. The van der Waals surface area contributed by atoms with Gasteiger partial charge in [0.05, 0.1) is 24.5 Å². The maximum atomic E-state index is 13.4. The third kappa shape index (κ3) is 6.81. The predicted octanol–water partition coefficient (Wildman–Crippen LogP) is 5.72. The zero-order valence-corrected chi connectivity index (χ0v) is 23.6. The molecule has 1 aromatic heterocycles.